The summed E-state index contributed by atoms with van der Waals surface area (Å²) in [5.74, 6) is 0.197. The number of hydrogen-bond acceptors (Lipinski definition) is 14. The lowest BCUT2D eigenvalue weighted by atomic mass is 9.98. The van der Waals surface area contributed by atoms with Crippen molar-refractivity contribution in [2.45, 2.75) is 61.4 Å². The fourth-order valence-electron chi connectivity index (χ4n) is 4.00. The van der Waals surface area contributed by atoms with Crippen LogP contribution in [-0.4, -0.2) is 117 Å². The van der Waals surface area contributed by atoms with E-state index in [4.69, 9.17) is 28.1 Å². The van der Waals surface area contributed by atoms with Crippen LogP contribution in [0.2, 0.25) is 0 Å². The number of aliphatic hydroxyl groups excluding tert-OH is 7. The zero-order valence-electron chi connectivity index (χ0n) is 19.0. The van der Waals surface area contributed by atoms with E-state index < -0.39 is 80.3 Å². The molecule has 4 unspecified atom stereocenters. The molecule has 36 heavy (non-hydrogen) atoms. The Morgan fingerprint density at radius 1 is 0.806 bits per heavy atom. The van der Waals surface area contributed by atoms with Gasteiger partial charge in [0.15, 0.2) is 17.8 Å². The molecule has 0 saturated carbocycles. The van der Waals surface area contributed by atoms with Gasteiger partial charge in [-0.2, -0.15) is 0 Å². The third-order valence-electron chi connectivity index (χ3n) is 6.09. The van der Waals surface area contributed by atoms with Crippen LogP contribution in [0.4, 0.5) is 0 Å². The van der Waals surface area contributed by atoms with Crippen LogP contribution in [0.5, 0.6) is 11.5 Å². The second kappa shape index (κ2) is 10.9. The van der Waals surface area contributed by atoms with Gasteiger partial charge in [-0.3, -0.25) is 0 Å². The fourth-order valence-corrected chi connectivity index (χ4v) is 4.00. The van der Waals surface area contributed by atoms with Crippen LogP contribution in [0, 0.1) is 0 Å². The molecule has 2 aliphatic heterocycles. The Morgan fingerprint density at radius 2 is 1.44 bits per heavy atom. The van der Waals surface area contributed by atoms with Crippen molar-refractivity contribution in [1.29, 1.82) is 0 Å². The molecule has 2 fully saturated rings. The first-order valence-corrected chi connectivity index (χ1v) is 11.0. The normalized spacial score (nSPS) is 37.1. The lowest BCUT2D eigenvalue weighted by Gasteiger charge is -2.42. The van der Waals surface area contributed by atoms with Gasteiger partial charge in [0.05, 0.1) is 20.3 Å². The van der Waals surface area contributed by atoms with Gasteiger partial charge in [0, 0.05) is 17.5 Å². The fraction of sp³-hybridized carbons (Fsp3) is 0.591. The van der Waals surface area contributed by atoms with Crippen molar-refractivity contribution in [3.8, 4) is 11.5 Å². The average Bonchev–Trinajstić information content (AvgIpc) is 2.87. The van der Waals surface area contributed by atoms with Crippen LogP contribution >= 0.6 is 0 Å². The first-order chi connectivity index (χ1) is 17.1. The molecule has 0 amide bonds. The summed E-state index contributed by atoms with van der Waals surface area (Å²) in [6, 6.07) is 5.61. The summed E-state index contributed by atoms with van der Waals surface area (Å²) < 4.78 is 32.3. The van der Waals surface area contributed by atoms with Gasteiger partial charge in [0.25, 0.3) is 0 Å². The van der Waals surface area contributed by atoms with Crippen molar-refractivity contribution in [2.24, 2.45) is 0 Å². The largest absolute Gasteiger partial charge is 0.493 e. The van der Waals surface area contributed by atoms with E-state index in [0.29, 0.717) is 5.39 Å². The van der Waals surface area contributed by atoms with Gasteiger partial charge in [-0.15, -0.1) is 0 Å². The number of aliphatic hydroxyl groups is 7. The first kappa shape index (κ1) is 26.7. The van der Waals surface area contributed by atoms with E-state index in [9.17, 15) is 40.5 Å². The van der Waals surface area contributed by atoms with Gasteiger partial charge in [-0.1, -0.05) is 0 Å². The Balaban J connectivity index is 1.49. The third-order valence-corrected chi connectivity index (χ3v) is 6.09. The number of hydrogen-bond donors (Lipinski definition) is 7. The lowest BCUT2D eigenvalue weighted by Crippen LogP contribution is -2.62. The Labute approximate surface area is 203 Å². The zero-order valence-corrected chi connectivity index (χ0v) is 19.0. The van der Waals surface area contributed by atoms with E-state index in [-0.39, 0.29) is 17.1 Å². The number of fused-ring (bicyclic) bond motifs is 1. The van der Waals surface area contributed by atoms with E-state index in [2.05, 4.69) is 0 Å². The molecular formula is C22H28O14. The van der Waals surface area contributed by atoms with Crippen molar-refractivity contribution < 1.29 is 63.8 Å². The molecule has 3 heterocycles. The van der Waals surface area contributed by atoms with Crippen molar-refractivity contribution in [1.82, 2.24) is 0 Å². The molecular weight excluding hydrogens is 488 g/mol. The molecule has 1 aromatic carbocycles. The van der Waals surface area contributed by atoms with E-state index >= 15 is 0 Å². The standard InChI is InChI=1S/C22H28O14/c1-31-10-4-8-2-3-14(24)33-9(8)5-11(10)34-22-20(30)18(28)16(26)13(36-22)7-32-21-19(29)17(27)15(25)12(6-23)35-21/h2-5,12-13,15-23,25-30H,6-7H2,1H3/t12?,13?,15-,16+,17-,18-,19?,20?,21+,22+/m0/s1. The second-order valence-electron chi connectivity index (χ2n) is 8.46. The van der Waals surface area contributed by atoms with E-state index in [1.54, 1.807) is 0 Å². The molecule has 2 aliphatic rings. The molecule has 0 spiro atoms. The van der Waals surface area contributed by atoms with Gasteiger partial charge >= 0.3 is 5.63 Å². The monoisotopic (exact) mass is 516 g/mol. The zero-order chi connectivity index (χ0) is 26.1. The predicted molar refractivity (Wildman–Crippen MR) is 116 cm³/mol. The maximum absolute atomic E-state index is 11.6. The summed E-state index contributed by atoms with van der Waals surface area (Å²) in [6.07, 6.45) is -15.6. The maximum atomic E-state index is 11.6. The van der Waals surface area contributed by atoms with Crippen LogP contribution in [0.3, 0.4) is 0 Å². The summed E-state index contributed by atoms with van der Waals surface area (Å²) in [4.78, 5) is 11.6. The molecule has 0 radical (unpaired) electrons. The molecule has 0 aliphatic carbocycles. The SMILES string of the molecule is COc1cc2ccc(=O)oc2cc1O[C@@H]1OC(CO[C@@H]2OC(CO)[C@H](O)[C@H](O)C2O)[C@@H](O)[C@H](O)C1O. The molecule has 0 bridgehead atoms. The quantitative estimate of drug-likeness (QED) is 0.180. The van der Waals surface area contributed by atoms with E-state index in [1.165, 1.54) is 31.4 Å². The smallest absolute Gasteiger partial charge is 0.336 e. The number of ether oxygens (including phenoxy) is 5. The molecule has 10 atom stereocenters. The summed E-state index contributed by atoms with van der Waals surface area (Å²) in [7, 11) is 1.36. The summed E-state index contributed by atoms with van der Waals surface area (Å²) >= 11 is 0. The van der Waals surface area contributed by atoms with Gasteiger partial charge in [0.1, 0.15) is 54.4 Å². The molecule has 4 rings (SSSR count). The number of benzene rings is 1. The highest BCUT2D eigenvalue weighted by Crippen LogP contribution is 2.35. The van der Waals surface area contributed by atoms with E-state index in [1.807, 2.05) is 0 Å². The van der Waals surface area contributed by atoms with Crippen LogP contribution in [0.1, 0.15) is 0 Å². The molecule has 7 N–H and O–H groups in total. The predicted octanol–water partition coefficient (Wildman–Crippen LogP) is -3.20. The van der Waals surface area contributed by atoms with Crippen molar-refractivity contribution in [3.05, 3.63) is 34.7 Å². The van der Waals surface area contributed by atoms with Crippen molar-refractivity contribution >= 4 is 11.0 Å². The lowest BCUT2D eigenvalue weighted by molar-refractivity contribution is -0.323. The maximum Gasteiger partial charge on any atom is 0.336 e. The topological polar surface area (TPSA) is 218 Å². The number of rotatable bonds is 7. The van der Waals surface area contributed by atoms with Gasteiger partial charge < -0.3 is 63.8 Å². The molecule has 1 aromatic heterocycles. The molecule has 200 valence electrons. The molecule has 2 saturated heterocycles. The minimum atomic E-state index is -1.74. The van der Waals surface area contributed by atoms with Gasteiger partial charge in [-0.25, -0.2) is 4.79 Å². The highest BCUT2D eigenvalue weighted by Gasteiger charge is 2.48. The van der Waals surface area contributed by atoms with Crippen LogP contribution in [-0.2, 0) is 14.2 Å². The average molecular weight is 516 g/mol. The van der Waals surface area contributed by atoms with Crippen molar-refractivity contribution in [2.75, 3.05) is 20.3 Å². The van der Waals surface area contributed by atoms with Crippen LogP contribution in [0.25, 0.3) is 11.0 Å². The Morgan fingerprint density at radius 3 is 2.11 bits per heavy atom. The third kappa shape index (κ3) is 5.19. The summed E-state index contributed by atoms with van der Waals surface area (Å²) in [5, 5.41) is 70.9. The Hall–Kier alpha value is -2.37. The molecule has 2 aromatic rings. The molecule has 14 heteroatoms. The minimum absolute atomic E-state index is 0.000548. The summed E-state index contributed by atoms with van der Waals surface area (Å²) in [5.41, 5.74) is -0.441. The minimum Gasteiger partial charge on any atom is -0.493 e. The second-order valence-corrected chi connectivity index (χ2v) is 8.46. The van der Waals surface area contributed by atoms with Gasteiger partial charge in [0.2, 0.25) is 6.29 Å². The van der Waals surface area contributed by atoms with Crippen LogP contribution in [0.15, 0.2) is 33.5 Å². The van der Waals surface area contributed by atoms with Crippen molar-refractivity contribution in [3.63, 3.8) is 0 Å². The molecule has 14 nitrogen and oxygen atoms in total. The van der Waals surface area contributed by atoms with E-state index in [0.717, 1.165) is 0 Å². The van der Waals surface area contributed by atoms with Crippen LogP contribution < -0.4 is 15.1 Å². The Bertz CT molecular complexity index is 1090. The highest BCUT2D eigenvalue weighted by molar-refractivity contribution is 5.80. The first-order valence-electron chi connectivity index (χ1n) is 11.0. The Kier molecular flexibility index (Phi) is 8.11. The highest BCUT2D eigenvalue weighted by atomic mass is 16.7. The summed E-state index contributed by atoms with van der Waals surface area (Å²) in [6.45, 7) is -1.18. The number of methoxy groups -OCH3 is 1. The van der Waals surface area contributed by atoms with Gasteiger partial charge in [-0.05, 0) is 12.1 Å².